The van der Waals surface area contributed by atoms with Crippen LogP contribution < -0.4 is 5.32 Å². The summed E-state index contributed by atoms with van der Waals surface area (Å²) in [6.45, 7) is 2.83. The molecule has 0 atom stereocenters. The SMILES string of the molecule is CNCCc1c(Br)[nH]c2nc(C)ncc12. The van der Waals surface area contributed by atoms with Gasteiger partial charge in [0.05, 0.1) is 4.60 Å². The van der Waals surface area contributed by atoms with Gasteiger partial charge in [0, 0.05) is 11.6 Å². The monoisotopic (exact) mass is 268 g/mol. The third kappa shape index (κ3) is 2.03. The van der Waals surface area contributed by atoms with E-state index in [2.05, 4.69) is 36.2 Å². The number of rotatable bonds is 3. The molecule has 0 aliphatic heterocycles. The number of likely N-dealkylation sites (N-methyl/N-ethyl adjacent to an activating group) is 1. The van der Waals surface area contributed by atoms with Crippen LogP contribution in [0.25, 0.3) is 11.0 Å². The predicted molar refractivity (Wildman–Crippen MR) is 64.0 cm³/mol. The van der Waals surface area contributed by atoms with E-state index >= 15 is 0 Å². The Morgan fingerprint density at radius 1 is 1.53 bits per heavy atom. The standard InChI is InChI=1S/C10H13BrN4/c1-6-13-5-8-7(3-4-12-2)9(11)15-10(8)14-6/h5,12H,3-4H2,1-2H3,(H,13,14,15). The molecule has 80 valence electrons. The van der Waals surface area contributed by atoms with Crippen LogP contribution in [0.15, 0.2) is 10.8 Å². The lowest BCUT2D eigenvalue weighted by Crippen LogP contribution is -2.10. The largest absolute Gasteiger partial charge is 0.334 e. The summed E-state index contributed by atoms with van der Waals surface area (Å²) in [5, 5.41) is 4.23. The topological polar surface area (TPSA) is 53.6 Å². The first kappa shape index (κ1) is 10.6. The van der Waals surface area contributed by atoms with Crippen LogP contribution in [0.2, 0.25) is 0 Å². The molecule has 2 aromatic heterocycles. The van der Waals surface area contributed by atoms with E-state index in [1.165, 1.54) is 5.56 Å². The number of hydrogen-bond acceptors (Lipinski definition) is 3. The van der Waals surface area contributed by atoms with Crippen molar-refractivity contribution in [1.29, 1.82) is 0 Å². The van der Waals surface area contributed by atoms with Crippen LogP contribution in [0.3, 0.4) is 0 Å². The number of H-pyrrole nitrogens is 1. The van der Waals surface area contributed by atoms with Gasteiger partial charge < -0.3 is 10.3 Å². The van der Waals surface area contributed by atoms with Crippen LogP contribution >= 0.6 is 15.9 Å². The summed E-state index contributed by atoms with van der Waals surface area (Å²) in [5.41, 5.74) is 2.14. The molecule has 0 fully saturated rings. The van der Waals surface area contributed by atoms with E-state index in [4.69, 9.17) is 0 Å². The maximum atomic E-state index is 4.35. The van der Waals surface area contributed by atoms with Crippen molar-refractivity contribution in [3.63, 3.8) is 0 Å². The summed E-state index contributed by atoms with van der Waals surface area (Å²) in [7, 11) is 1.95. The fourth-order valence-corrected chi connectivity index (χ4v) is 2.18. The second-order valence-electron chi connectivity index (χ2n) is 3.45. The maximum Gasteiger partial charge on any atom is 0.142 e. The van der Waals surface area contributed by atoms with Crippen LogP contribution in [-0.4, -0.2) is 28.5 Å². The summed E-state index contributed by atoms with van der Waals surface area (Å²) in [6, 6.07) is 0. The van der Waals surface area contributed by atoms with Crippen LogP contribution in [0.5, 0.6) is 0 Å². The number of fused-ring (bicyclic) bond motifs is 1. The number of hydrogen-bond donors (Lipinski definition) is 2. The van der Waals surface area contributed by atoms with E-state index in [9.17, 15) is 0 Å². The Morgan fingerprint density at radius 3 is 3.07 bits per heavy atom. The minimum Gasteiger partial charge on any atom is -0.334 e. The van der Waals surface area contributed by atoms with Gasteiger partial charge in [0.1, 0.15) is 11.5 Å². The van der Waals surface area contributed by atoms with Crippen molar-refractivity contribution >= 4 is 27.0 Å². The van der Waals surface area contributed by atoms with Crippen LogP contribution in [0.1, 0.15) is 11.4 Å². The highest BCUT2D eigenvalue weighted by Crippen LogP contribution is 2.24. The number of aromatic nitrogens is 3. The van der Waals surface area contributed by atoms with Gasteiger partial charge in [-0.2, -0.15) is 0 Å². The Bertz CT molecular complexity index is 477. The van der Waals surface area contributed by atoms with Crippen molar-refractivity contribution in [1.82, 2.24) is 20.3 Å². The van der Waals surface area contributed by atoms with Gasteiger partial charge in [0.2, 0.25) is 0 Å². The molecule has 2 aromatic rings. The molecule has 0 radical (unpaired) electrons. The Kier molecular flexibility index (Phi) is 3.02. The first-order chi connectivity index (χ1) is 7.22. The van der Waals surface area contributed by atoms with Gasteiger partial charge in [-0.15, -0.1) is 0 Å². The van der Waals surface area contributed by atoms with Gasteiger partial charge in [-0.3, -0.25) is 0 Å². The van der Waals surface area contributed by atoms with Crippen molar-refractivity contribution < 1.29 is 0 Å². The second-order valence-corrected chi connectivity index (χ2v) is 4.24. The molecule has 2 rings (SSSR count). The van der Waals surface area contributed by atoms with Crippen LogP contribution in [-0.2, 0) is 6.42 Å². The third-order valence-electron chi connectivity index (χ3n) is 2.35. The molecule has 0 saturated carbocycles. The number of aromatic amines is 1. The normalized spacial score (nSPS) is 11.1. The first-order valence-corrected chi connectivity index (χ1v) is 5.66. The highest BCUT2D eigenvalue weighted by Gasteiger charge is 2.10. The number of aryl methyl sites for hydroxylation is 1. The molecular weight excluding hydrogens is 256 g/mol. The number of nitrogens with zero attached hydrogens (tertiary/aromatic N) is 2. The van der Waals surface area contributed by atoms with E-state index in [1.807, 2.05) is 20.2 Å². The Balaban J connectivity index is 2.48. The number of halogens is 1. The molecule has 0 aliphatic rings. The lowest BCUT2D eigenvalue weighted by atomic mass is 10.2. The molecule has 0 aromatic carbocycles. The molecule has 4 nitrogen and oxygen atoms in total. The molecule has 2 N–H and O–H groups in total. The lowest BCUT2D eigenvalue weighted by Gasteiger charge is -1.99. The smallest absolute Gasteiger partial charge is 0.142 e. The van der Waals surface area contributed by atoms with Crippen molar-refractivity contribution in [2.24, 2.45) is 0 Å². The maximum absolute atomic E-state index is 4.35. The summed E-state index contributed by atoms with van der Waals surface area (Å²) in [4.78, 5) is 11.8. The molecular formula is C10H13BrN4. The zero-order valence-electron chi connectivity index (χ0n) is 8.76. The van der Waals surface area contributed by atoms with Gasteiger partial charge in [0.15, 0.2) is 0 Å². The summed E-state index contributed by atoms with van der Waals surface area (Å²) < 4.78 is 1.01. The van der Waals surface area contributed by atoms with E-state index in [-0.39, 0.29) is 0 Å². The molecule has 0 saturated heterocycles. The van der Waals surface area contributed by atoms with E-state index < -0.39 is 0 Å². The van der Waals surface area contributed by atoms with Gasteiger partial charge in [-0.1, -0.05) is 0 Å². The highest BCUT2D eigenvalue weighted by atomic mass is 79.9. The second kappa shape index (κ2) is 4.28. The molecule has 5 heteroatoms. The Hall–Kier alpha value is -0.940. The summed E-state index contributed by atoms with van der Waals surface area (Å²) in [6.07, 6.45) is 2.84. The quantitative estimate of drug-likeness (QED) is 0.893. The van der Waals surface area contributed by atoms with Gasteiger partial charge in [0.25, 0.3) is 0 Å². The molecule has 15 heavy (non-hydrogen) atoms. The van der Waals surface area contributed by atoms with E-state index in [0.717, 1.165) is 34.4 Å². The fraction of sp³-hybridized carbons (Fsp3) is 0.400. The minimum atomic E-state index is 0.788. The van der Waals surface area contributed by atoms with Gasteiger partial charge in [-0.25, -0.2) is 9.97 Å². The average molecular weight is 269 g/mol. The fourth-order valence-electron chi connectivity index (χ4n) is 1.58. The summed E-state index contributed by atoms with van der Waals surface area (Å²) in [5.74, 6) is 0.788. The first-order valence-electron chi connectivity index (χ1n) is 4.86. The van der Waals surface area contributed by atoms with Crippen LogP contribution in [0.4, 0.5) is 0 Å². The Morgan fingerprint density at radius 2 is 2.33 bits per heavy atom. The van der Waals surface area contributed by atoms with Crippen molar-refractivity contribution in [3.8, 4) is 0 Å². The van der Waals surface area contributed by atoms with Gasteiger partial charge >= 0.3 is 0 Å². The zero-order valence-corrected chi connectivity index (χ0v) is 10.3. The van der Waals surface area contributed by atoms with E-state index in [0.29, 0.717) is 0 Å². The zero-order chi connectivity index (χ0) is 10.8. The van der Waals surface area contributed by atoms with Gasteiger partial charge in [-0.05, 0) is 48.4 Å². The molecule has 0 spiro atoms. The minimum absolute atomic E-state index is 0.788. The number of nitrogens with one attached hydrogen (secondary N) is 2. The Labute approximate surface area is 96.6 Å². The van der Waals surface area contributed by atoms with Crippen molar-refractivity contribution in [3.05, 3.63) is 22.2 Å². The van der Waals surface area contributed by atoms with Crippen LogP contribution in [0, 0.1) is 6.92 Å². The molecule has 0 amide bonds. The lowest BCUT2D eigenvalue weighted by molar-refractivity contribution is 0.792. The molecule has 0 unspecified atom stereocenters. The highest BCUT2D eigenvalue weighted by molar-refractivity contribution is 9.10. The molecule has 0 aliphatic carbocycles. The predicted octanol–water partition coefficient (Wildman–Crippen LogP) is 1.79. The van der Waals surface area contributed by atoms with Crippen molar-refractivity contribution in [2.75, 3.05) is 13.6 Å². The van der Waals surface area contributed by atoms with E-state index in [1.54, 1.807) is 0 Å². The molecule has 0 bridgehead atoms. The molecule has 2 heterocycles. The average Bonchev–Trinajstić information content (AvgIpc) is 2.50. The summed E-state index contributed by atoms with van der Waals surface area (Å²) >= 11 is 3.51. The third-order valence-corrected chi connectivity index (χ3v) is 3.03. The van der Waals surface area contributed by atoms with Crippen molar-refractivity contribution in [2.45, 2.75) is 13.3 Å².